The van der Waals surface area contributed by atoms with E-state index in [4.69, 9.17) is 0 Å². The van der Waals surface area contributed by atoms with Crippen molar-refractivity contribution in [2.45, 2.75) is 16.2 Å². The lowest BCUT2D eigenvalue weighted by molar-refractivity contribution is -0.387. The molecule has 25 heavy (non-hydrogen) atoms. The minimum absolute atomic E-state index is 0.126. The number of benzene rings is 2. The van der Waals surface area contributed by atoms with Crippen LogP contribution in [0.15, 0.2) is 58.3 Å². The van der Waals surface area contributed by atoms with Crippen LogP contribution in [0.5, 0.6) is 0 Å². The first-order chi connectivity index (χ1) is 12.1. The molecule has 0 saturated carbocycles. The van der Waals surface area contributed by atoms with E-state index in [1.165, 1.54) is 33.7 Å². The highest BCUT2D eigenvalue weighted by Gasteiger charge is 2.14. The van der Waals surface area contributed by atoms with Gasteiger partial charge in [-0.1, -0.05) is 67.4 Å². The van der Waals surface area contributed by atoms with E-state index in [1.807, 2.05) is 0 Å². The standard InChI is InChI=1S/C15H14N2O4S4/c18-16(19)12-6-1-3-8-14(12)24-22-10-5-11-23-25-15-9-4-2-7-13(15)17(20)21/h1-4,6-9H,5,10-11H2. The molecule has 0 fully saturated rings. The highest BCUT2D eigenvalue weighted by molar-refractivity contribution is 8.77. The Morgan fingerprint density at radius 1 is 0.720 bits per heavy atom. The van der Waals surface area contributed by atoms with Crippen LogP contribution < -0.4 is 0 Å². The third-order valence-corrected chi connectivity index (χ3v) is 7.86. The number of hydrogen-bond donors (Lipinski definition) is 0. The van der Waals surface area contributed by atoms with Gasteiger partial charge in [-0.15, -0.1) is 0 Å². The van der Waals surface area contributed by atoms with Gasteiger partial charge in [-0.3, -0.25) is 20.2 Å². The number of hydrogen-bond acceptors (Lipinski definition) is 8. The van der Waals surface area contributed by atoms with Crippen molar-refractivity contribution in [1.29, 1.82) is 0 Å². The van der Waals surface area contributed by atoms with Crippen LogP contribution in [0.25, 0.3) is 0 Å². The van der Waals surface area contributed by atoms with Gasteiger partial charge in [-0.2, -0.15) is 0 Å². The molecule has 0 aliphatic heterocycles. The van der Waals surface area contributed by atoms with Crippen molar-refractivity contribution in [3.05, 3.63) is 68.8 Å². The normalized spacial score (nSPS) is 10.6. The summed E-state index contributed by atoms with van der Waals surface area (Å²) >= 11 is 0. The highest BCUT2D eigenvalue weighted by atomic mass is 33.1. The zero-order valence-electron chi connectivity index (χ0n) is 12.9. The molecule has 132 valence electrons. The SMILES string of the molecule is O=[N+]([O-])c1ccccc1SSCCCSSc1ccccc1[N+](=O)[O-]. The molecule has 0 N–H and O–H groups in total. The Kier molecular flexibility index (Phi) is 8.45. The first kappa shape index (κ1) is 20.0. The smallest absolute Gasteiger partial charge is 0.258 e. The van der Waals surface area contributed by atoms with Gasteiger partial charge in [0.2, 0.25) is 0 Å². The fourth-order valence-electron chi connectivity index (χ4n) is 1.74. The molecule has 0 saturated heterocycles. The summed E-state index contributed by atoms with van der Waals surface area (Å²) in [5, 5.41) is 21.9. The monoisotopic (exact) mass is 414 g/mol. The van der Waals surface area contributed by atoms with Gasteiger partial charge in [0.15, 0.2) is 0 Å². The summed E-state index contributed by atoms with van der Waals surface area (Å²) in [7, 11) is 5.96. The van der Waals surface area contributed by atoms with Crippen LogP contribution in [0.3, 0.4) is 0 Å². The second-order valence-electron chi connectivity index (χ2n) is 4.61. The van der Waals surface area contributed by atoms with Crippen molar-refractivity contribution in [1.82, 2.24) is 0 Å². The van der Waals surface area contributed by atoms with E-state index in [9.17, 15) is 20.2 Å². The summed E-state index contributed by atoms with van der Waals surface area (Å²) in [5.74, 6) is 1.70. The van der Waals surface area contributed by atoms with Crippen molar-refractivity contribution >= 4 is 54.6 Å². The van der Waals surface area contributed by atoms with E-state index >= 15 is 0 Å². The van der Waals surface area contributed by atoms with E-state index < -0.39 is 0 Å². The Morgan fingerprint density at radius 3 is 1.52 bits per heavy atom. The van der Waals surface area contributed by atoms with Crippen LogP contribution in [0.1, 0.15) is 6.42 Å². The summed E-state index contributed by atoms with van der Waals surface area (Å²) in [6.07, 6.45) is 0.913. The van der Waals surface area contributed by atoms with Crippen molar-refractivity contribution in [3.8, 4) is 0 Å². The predicted octanol–water partition coefficient (Wildman–Crippen LogP) is 6.07. The summed E-state index contributed by atoms with van der Waals surface area (Å²) in [6.45, 7) is 0. The lowest BCUT2D eigenvalue weighted by atomic mass is 10.3. The van der Waals surface area contributed by atoms with Crippen LogP contribution in [0, 0.1) is 20.2 Å². The molecule has 2 rings (SSSR count). The van der Waals surface area contributed by atoms with Gasteiger partial charge in [-0.05, 0) is 18.6 Å². The lowest BCUT2D eigenvalue weighted by Crippen LogP contribution is -1.90. The Balaban J connectivity index is 1.68. The second kappa shape index (κ2) is 10.6. The fraction of sp³-hybridized carbons (Fsp3) is 0.200. The molecular formula is C15H14N2O4S4. The molecule has 0 radical (unpaired) electrons. The largest absolute Gasteiger partial charge is 0.283 e. The topological polar surface area (TPSA) is 86.3 Å². The van der Waals surface area contributed by atoms with E-state index in [-0.39, 0.29) is 21.2 Å². The quantitative estimate of drug-likeness (QED) is 0.200. The number of nitrogens with zero attached hydrogens (tertiary/aromatic N) is 2. The maximum atomic E-state index is 10.9. The molecule has 0 amide bonds. The number of rotatable bonds is 10. The van der Waals surface area contributed by atoms with Gasteiger partial charge >= 0.3 is 0 Å². The molecule has 0 aliphatic carbocycles. The van der Waals surface area contributed by atoms with Crippen molar-refractivity contribution in [2.24, 2.45) is 0 Å². The fourth-order valence-corrected chi connectivity index (χ4v) is 6.41. The van der Waals surface area contributed by atoms with Crippen LogP contribution in [0.4, 0.5) is 11.4 Å². The van der Waals surface area contributed by atoms with Gasteiger partial charge in [0.05, 0.1) is 19.6 Å². The van der Waals surface area contributed by atoms with Crippen molar-refractivity contribution < 1.29 is 9.85 Å². The molecule has 6 nitrogen and oxygen atoms in total. The highest BCUT2D eigenvalue weighted by Crippen LogP contribution is 2.39. The van der Waals surface area contributed by atoms with Crippen molar-refractivity contribution in [2.75, 3.05) is 11.5 Å². The second-order valence-corrected chi connectivity index (χ2v) is 9.53. The third-order valence-electron chi connectivity index (χ3n) is 2.88. The minimum Gasteiger partial charge on any atom is -0.258 e. The van der Waals surface area contributed by atoms with Crippen LogP contribution >= 0.6 is 43.2 Å². The third kappa shape index (κ3) is 6.46. The van der Waals surface area contributed by atoms with Gasteiger partial charge in [0, 0.05) is 23.6 Å². The molecule has 2 aromatic carbocycles. The number of nitro benzene ring substituents is 2. The Hall–Kier alpha value is -1.36. The molecule has 2 aromatic rings. The Bertz CT molecular complexity index is 683. The average molecular weight is 415 g/mol. The van der Waals surface area contributed by atoms with E-state index in [0.717, 1.165) is 17.9 Å². The zero-order valence-corrected chi connectivity index (χ0v) is 16.2. The maximum absolute atomic E-state index is 10.9. The zero-order chi connectivity index (χ0) is 18.1. The predicted molar refractivity (Wildman–Crippen MR) is 107 cm³/mol. The van der Waals surface area contributed by atoms with Crippen LogP contribution in [0.2, 0.25) is 0 Å². The van der Waals surface area contributed by atoms with E-state index in [1.54, 1.807) is 58.0 Å². The van der Waals surface area contributed by atoms with Gasteiger partial charge < -0.3 is 0 Å². The first-order valence-corrected chi connectivity index (χ1v) is 11.8. The minimum atomic E-state index is -0.373. The Labute approximate surface area is 160 Å². The van der Waals surface area contributed by atoms with Crippen LogP contribution in [-0.2, 0) is 0 Å². The van der Waals surface area contributed by atoms with Gasteiger partial charge in [-0.25, -0.2) is 0 Å². The van der Waals surface area contributed by atoms with Gasteiger partial charge in [0.1, 0.15) is 0 Å². The van der Waals surface area contributed by atoms with Gasteiger partial charge in [0.25, 0.3) is 11.4 Å². The van der Waals surface area contributed by atoms with E-state index in [0.29, 0.717) is 9.79 Å². The molecule has 10 heteroatoms. The summed E-state index contributed by atoms with van der Waals surface area (Å²) < 4.78 is 0. The van der Waals surface area contributed by atoms with Crippen molar-refractivity contribution in [3.63, 3.8) is 0 Å². The lowest BCUT2D eigenvalue weighted by Gasteiger charge is -2.03. The van der Waals surface area contributed by atoms with Crippen LogP contribution in [-0.4, -0.2) is 21.4 Å². The average Bonchev–Trinajstić information content (AvgIpc) is 2.61. The molecule has 0 atom stereocenters. The number of para-hydroxylation sites is 2. The summed E-state index contributed by atoms with van der Waals surface area (Å²) in [6, 6.07) is 13.4. The summed E-state index contributed by atoms with van der Waals surface area (Å²) in [4.78, 5) is 22.4. The maximum Gasteiger partial charge on any atom is 0.283 e. The molecule has 0 heterocycles. The van der Waals surface area contributed by atoms with E-state index in [2.05, 4.69) is 0 Å². The molecule has 0 aliphatic rings. The molecular weight excluding hydrogens is 400 g/mol. The number of nitro groups is 2. The molecule has 0 aromatic heterocycles. The summed E-state index contributed by atoms with van der Waals surface area (Å²) in [5.41, 5.74) is 0.252. The molecule has 0 spiro atoms. The molecule has 0 bridgehead atoms. The Morgan fingerprint density at radius 2 is 1.12 bits per heavy atom. The first-order valence-electron chi connectivity index (χ1n) is 7.15. The molecule has 0 unspecified atom stereocenters.